The molecular weight excluding hydrogens is 460 g/mol. The van der Waals surface area contributed by atoms with Crippen molar-refractivity contribution in [1.29, 1.82) is 0 Å². The van der Waals surface area contributed by atoms with Crippen LogP contribution in [0.15, 0.2) is 46.9 Å². The third-order valence-electron chi connectivity index (χ3n) is 3.43. The van der Waals surface area contributed by atoms with Crippen LogP contribution in [0.4, 0.5) is 17.6 Å². The molecule has 0 amide bonds. The van der Waals surface area contributed by atoms with Crippen LogP contribution < -0.4 is 4.74 Å². The molecule has 0 aliphatic heterocycles. The van der Waals surface area contributed by atoms with Gasteiger partial charge in [0.15, 0.2) is 11.6 Å². The van der Waals surface area contributed by atoms with Gasteiger partial charge in [0.05, 0.1) is 22.6 Å². The first kappa shape index (κ1) is 23.3. The highest BCUT2D eigenvalue weighted by molar-refractivity contribution is 7.90. The molecule has 0 heterocycles. The van der Waals surface area contributed by atoms with Gasteiger partial charge < -0.3 is 9.47 Å². The fourth-order valence-electron chi connectivity index (χ4n) is 2.11. The minimum absolute atomic E-state index is 0.148. The van der Waals surface area contributed by atoms with Crippen LogP contribution in [0.3, 0.4) is 0 Å². The lowest BCUT2D eigenvalue weighted by Crippen LogP contribution is -2.35. The van der Waals surface area contributed by atoms with Gasteiger partial charge in [-0.2, -0.15) is 21.6 Å². The van der Waals surface area contributed by atoms with Crippen molar-refractivity contribution in [3.63, 3.8) is 0 Å². The number of alkyl halides is 3. The average Bonchev–Trinajstić information content (AvgIpc) is 2.66. The summed E-state index contributed by atoms with van der Waals surface area (Å²) in [5.41, 5.74) is -4.42. The Bertz CT molecular complexity index is 1080. The average molecular weight is 471 g/mol. The molecule has 1 unspecified atom stereocenters. The first-order chi connectivity index (χ1) is 13.9. The molecule has 0 fully saturated rings. The molecular formula is C16H11ClF4N2O6S. The zero-order chi connectivity index (χ0) is 22.7. The molecule has 0 saturated carbocycles. The topological polar surface area (TPSA) is 108 Å². The lowest BCUT2D eigenvalue weighted by atomic mass is 10.2. The van der Waals surface area contributed by atoms with Gasteiger partial charge in [0.1, 0.15) is 0 Å². The van der Waals surface area contributed by atoms with E-state index in [2.05, 4.69) is 9.13 Å². The van der Waals surface area contributed by atoms with Crippen LogP contribution in [0.5, 0.6) is 5.75 Å². The van der Waals surface area contributed by atoms with Crippen molar-refractivity contribution >= 4 is 27.5 Å². The highest BCUT2D eigenvalue weighted by atomic mass is 35.5. The van der Waals surface area contributed by atoms with Crippen molar-refractivity contribution in [2.45, 2.75) is 11.7 Å². The van der Waals surface area contributed by atoms with Gasteiger partial charge in [0.2, 0.25) is 5.90 Å². The summed E-state index contributed by atoms with van der Waals surface area (Å²) < 4.78 is 89.7. The third-order valence-corrected chi connectivity index (χ3v) is 5.00. The van der Waals surface area contributed by atoms with E-state index in [1.54, 1.807) is 6.07 Å². The zero-order valence-corrected chi connectivity index (χ0v) is 16.3. The Labute approximate surface area is 171 Å². The molecule has 0 saturated heterocycles. The van der Waals surface area contributed by atoms with Crippen LogP contribution in [-0.2, 0) is 20.9 Å². The molecule has 0 spiro atoms. The van der Waals surface area contributed by atoms with Crippen molar-refractivity contribution in [2.75, 3.05) is 7.11 Å². The number of benzene rings is 2. The Hall–Kier alpha value is -2.93. The lowest BCUT2D eigenvalue weighted by Gasteiger charge is -2.14. The molecule has 0 aliphatic rings. The molecule has 162 valence electrons. The van der Waals surface area contributed by atoms with Crippen LogP contribution in [0.25, 0.3) is 0 Å². The Morgan fingerprint density at radius 1 is 1.20 bits per heavy atom. The lowest BCUT2D eigenvalue weighted by molar-refractivity contribution is -0.534. The second kappa shape index (κ2) is 8.83. The second-order valence-corrected chi connectivity index (χ2v) is 7.42. The maximum Gasteiger partial charge on any atom is 0.476 e. The standard InChI is InChI=1S/C16H11ClF4N2O6S/c1-28-14(9-5-3-2-4-6-9)22-30(26,27)15(23(24)25)29-11-8-7-10(16(19,20)21)12(17)13(11)18/h2-8,15H,1H3/b22-14-. The number of methoxy groups -OCH3 is 1. The van der Waals surface area contributed by atoms with E-state index < -0.39 is 54.7 Å². The summed E-state index contributed by atoms with van der Waals surface area (Å²) in [6, 6.07) is 8.08. The summed E-state index contributed by atoms with van der Waals surface area (Å²) >= 11 is 5.31. The van der Waals surface area contributed by atoms with E-state index in [9.17, 15) is 36.1 Å². The van der Waals surface area contributed by atoms with Crippen LogP contribution >= 0.6 is 11.6 Å². The van der Waals surface area contributed by atoms with E-state index in [4.69, 9.17) is 16.3 Å². The van der Waals surface area contributed by atoms with Crippen LogP contribution in [-0.4, -0.2) is 31.9 Å². The molecule has 0 aliphatic carbocycles. The number of hydrogen-bond donors (Lipinski definition) is 0. The van der Waals surface area contributed by atoms with E-state index in [1.165, 1.54) is 24.3 Å². The van der Waals surface area contributed by atoms with Crippen molar-refractivity contribution in [1.82, 2.24) is 0 Å². The van der Waals surface area contributed by atoms with Crippen LogP contribution in [0.2, 0.25) is 5.02 Å². The monoisotopic (exact) mass is 470 g/mol. The summed E-state index contributed by atoms with van der Waals surface area (Å²) in [6.45, 7) is 0. The molecule has 2 aromatic rings. The number of sulfonamides is 1. The molecule has 1 atom stereocenters. The minimum Gasteiger partial charge on any atom is -0.480 e. The summed E-state index contributed by atoms with van der Waals surface area (Å²) in [6.07, 6.45) is -5.02. The van der Waals surface area contributed by atoms with Gasteiger partial charge in [-0.1, -0.05) is 29.8 Å². The maximum absolute atomic E-state index is 14.2. The number of rotatable bonds is 6. The Morgan fingerprint density at radius 2 is 1.80 bits per heavy atom. The minimum atomic E-state index is -5.14. The van der Waals surface area contributed by atoms with E-state index in [0.29, 0.717) is 6.07 Å². The normalized spacial score (nSPS) is 13.6. The smallest absolute Gasteiger partial charge is 0.476 e. The van der Waals surface area contributed by atoms with Crippen molar-refractivity contribution in [2.24, 2.45) is 4.40 Å². The van der Waals surface area contributed by atoms with Gasteiger partial charge in [-0.15, -0.1) is 4.40 Å². The van der Waals surface area contributed by atoms with E-state index in [0.717, 1.165) is 7.11 Å². The van der Waals surface area contributed by atoms with Gasteiger partial charge in [-0.3, -0.25) is 10.1 Å². The number of nitro groups is 1. The quantitative estimate of drug-likeness (QED) is 0.158. The predicted octanol–water partition coefficient (Wildman–Crippen LogP) is 3.86. The zero-order valence-electron chi connectivity index (χ0n) is 14.8. The van der Waals surface area contributed by atoms with E-state index in [-0.39, 0.29) is 11.6 Å². The van der Waals surface area contributed by atoms with Crippen molar-refractivity contribution in [3.05, 3.63) is 74.5 Å². The predicted molar refractivity (Wildman–Crippen MR) is 96.7 cm³/mol. The molecule has 8 nitrogen and oxygen atoms in total. The van der Waals surface area contributed by atoms with Gasteiger partial charge in [-0.05, 0) is 24.3 Å². The molecule has 30 heavy (non-hydrogen) atoms. The van der Waals surface area contributed by atoms with E-state index >= 15 is 0 Å². The SMILES string of the molecule is CO/C(=N\S(=O)(=O)C(Oc1ccc(C(F)(F)F)c(Cl)c1F)[N+](=O)[O-])c1ccccc1. The first-order valence-corrected chi connectivity index (χ1v) is 9.55. The maximum atomic E-state index is 14.2. The summed E-state index contributed by atoms with van der Waals surface area (Å²) in [7, 11) is -4.08. The van der Waals surface area contributed by atoms with Gasteiger partial charge in [0.25, 0.3) is 0 Å². The van der Waals surface area contributed by atoms with Crippen LogP contribution in [0.1, 0.15) is 11.1 Å². The van der Waals surface area contributed by atoms with Gasteiger partial charge >= 0.3 is 21.8 Å². The first-order valence-electron chi connectivity index (χ1n) is 7.67. The fourth-order valence-corrected chi connectivity index (χ4v) is 3.32. The molecule has 0 N–H and O–H groups in total. The van der Waals surface area contributed by atoms with Crippen molar-refractivity contribution in [3.8, 4) is 5.75 Å². The Balaban J connectivity index is 2.47. The number of halogens is 5. The molecule has 0 aromatic heterocycles. The third kappa shape index (κ3) is 5.16. The Morgan fingerprint density at radius 3 is 2.30 bits per heavy atom. The van der Waals surface area contributed by atoms with E-state index in [1.807, 2.05) is 0 Å². The van der Waals surface area contributed by atoms with Crippen LogP contribution in [0, 0.1) is 15.9 Å². The summed E-state index contributed by atoms with van der Waals surface area (Å²) in [4.78, 5) is 9.78. The summed E-state index contributed by atoms with van der Waals surface area (Å²) in [5.74, 6) is -3.54. The van der Waals surface area contributed by atoms with Crippen molar-refractivity contribution < 1.29 is 40.4 Å². The highest BCUT2D eigenvalue weighted by Crippen LogP contribution is 2.39. The summed E-state index contributed by atoms with van der Waals surface area (Å²) in [5, 5.41) is 9.80. The Kier molecular flexibility index (Phi) is 6.87. The van der Waals surface area contributed by atoms with Gasteiger partial charge in [0, 0.05) is 5.56 Å². The largest absolute Gasteiger partial charge is 0.480 e. The number of ether oxygens (including phenoxy) is 2. The molecule has 2 rings (SSSR count). The van der Waals surface area contributed by atoms with Gasteiger partial charge in [-0.25, -0.2) is 4.39 Å². The number of hydrogen-bond acceptors (Lipinski definition) is 6. The molecule has 2 aromatic carbocycles. The second-order valence-electron chi connectivity index (χ2n) is 5.43. The molecule has 0 radical (unpaired) electrons. The molecule has 0 bridgehead atoms. The fraction of sp³-hybridized carbons (Fsp3) is 0.188. The highest BCUT2D eigenvalue weighted by Gasteiger charge is 2.41. The number of nitrogens with zero attached hydrogens (tertiary/aromatic N) is 2. The molecule has 14 heteroatoms.